The van der Waals surface area contributed by atoms with Gasteiger partial charge in [-0.3, -0.25) is 0 Å². The van der Waals surface area contributed by atoms with Gasteiger partial charge in [-0.15, -0.1) is 23.5 Å². The van der Waals surface area contributed by atoms with E-state index in [0.29, 0.717) is 4.58 Å². The van der Waals surface area contributed by atoms with Crippen molar-refractivity contribution in [1.29, 1.82) is 0 Å². The van der Waals surface area contributed by atoms with Crippen LogP contribution in [0, 0.1) is 0 Å². The molecule has 76 valence electrons. The molecule has 1 heterocycles. The minimum Gasteiger partial charge on any atom is -0.140 e. The predicted molar refractivity (Wildman–Crippen MR) is 67.9 cm³/mol. The van der Waals surface area contributed by atoms with E-state index in [1.54, 1.807) is 0 Å². The van der Waals surface area contributed by atoms with E-state index >= 15 is 0 Å². The van der Waals surface area contributed by atoms with Crippen LogP contribution >= 0.6 is 23.5 Å². The molecule has 0 saturated carbocycles. The Bertz CT molecular complexity index is 274. The summed E-state index contributed by atoms with van der Waals surface area (Å²) in [6.07, 6.45) is 1.35. The first-order valence-electron chi connectivity index (χ1n) is 5.11. The zero-order chi connectivity index (χ0) is 9.97. The van der Waals surface area contributed by atoms with E-state index in [1.165, 1.54) is 12.0 Å². The lowest BCUT2D eigenvalue weighted by Gasteiger charge is -2.30. The Morgan fingerprint density at radius 2 is 1.57 bits per heavy atom. The summed E-state index contributed by atoms with van der Waals surface area (Å²) in [4.78, 5) is 0. The minimum absolute atomic E-state index is 0.648. The van der Waals surface area contributed by atoms with E-state index in [1.807, 2.05) is 0 Å². The van der Waals surface area contributed by atoms with Crippen molar-refractivity contribution in [2.45, 2.75) is 35.4 Å². The average Bonchev–Trinajstić information content (AvgIpc) is 2.18. The molecule has 1 fully saturated rings. The number of benzene rings is 1. The summed E-state index contributed by atoms with van der Waals surface area (Å²) in [5, 5.41) is 1.60. The van der Waals surface area contributed by atoms with Crippen molar-refractivity contribution < 1.29 is 0 Å². The van der Waals surface area contributed by atoms with Crippen LogP contribution in [0.5, 0.6) is 0 Å². The highest BCUT2D eigenvalue weighted by Crippen LogP contribution is 2.49. The van der Waals surface area contributed by atoms with Crippen molar-refractivity contribution in [1.82, 2.24) is 0 Å². The lowest BCUT2D eigenvalue weighted by molar-refractivity contribution is 0.791. The van der Waals surface area contributed by atoms with Gasteiger partial charge in [0.15, 0.2) is 0 Å². The normalized spacial score (nSPS) is 32.9. The van der Waals surface area contributed by atoms with Crippen LogP contribution < -0.4 is 0 Å². The molecule has 0 amide bonds. The van der Waals surface area contributed by atoms with Crippen LogP contribution in [0.25, 0.3) is 0 Å². The van der Waals surface area contributed by atoms with Crippen LogP contribution in [0.15, 0.2) is 30.3 Å². The quantitative estimate of drug-likeness (QED) is 0.696. The first kappa shape index (κ1) is 10.4. The highest BCUT2D eigenvalue weighted by atomic mass is 32.2. The zero-order valence-electron chi connectivity index (χ0n) is 8.64. The van der Waals surface area contributed by atoms with Gasteiger partial charge < -0.3 is 0 Å². The average molecular weight is 224 g/mol. The molecule has 0 aliphatic carbocycles. The maximum Gasteiger partial charge on any atom is 0.0756 e. The SMILES string of the molecule is CC1CC(C)SC(c2ccccc2)S1. The molecule has 2 unspecified atom stereocenters. The summed E-state index contributed by atoms with van der Waals surface area (Å²) in [6.45, 7) is 4.69. The van der Waals surface area contributed by atoms with Crippen LogP contribution in [-0.2, 0) is 0 Å². The fourth-order valence-electron chi connectivity index (χ4n) is 1.80. The van der Waals surface area contributed by atoms with Gasteiger partial charge in [0.25, 0.3) is 0 Å². The first-order chi connectivity index (χ1) is 6.75. The van der Waals surface area contributed by atoms with Crippen LogP contribution in [0.3, 0.4) is 0 Å². The third kappa shape index (κ3) is 2.48. The highest BCUT2D eigenvalue weighted by molar-refractivity contribution is 8.17. The summed E-state index contributed by atoms with van der Waals surface area (Å²) >= 11 is 4.21. The van der Waals surface area contributed by atoms with Crippen LogP contribution in [-0.4, -0.2) is 10.5 Å². The third-order valence-electron chi connectivity index (χ3n) is 2.45. The lowest BCUT2D eigenvalue weighted by Crippen LogP contribution is -2.15. The predicted octanol–water partition coefficient (Wildman–Crippen LogP) is 4.33. The fraction of sp³-hybridized carbons (Fsp3) is 0.500. The summed E-state index contributed by atoms with van der Waals surface area (Å²) in [5.41, 5.74) is 1.47. The highest BCUT2D eigenvalue weighted by Gasteiger charge is 2.25. The van der Waals surface area contributed by atoms with Crippen LogP contribution in [0.4, 0.5) is 0 Å². The molecule has 2 rings (SSSR count). The van der Waals surface area contributed by atoms with Crippen molar-refractivity contribution in [3.8, 4) is 0 Å². The van der Waals surface area contributed by atoms with E-state index in [9.17, 15) is 0 Å². The molecule has 0 radical (unpaired) electrons. The Balaban J connectivity index is 2.11. The number of hydrogen-bond donors (Lipinski definition) is 0. The molecule has 1 aliphatic heterocycles. The molecule has 1 aliphatic rings. The van der Waals surface area contributed by atoms with Gasteiger partial charge >= 0.3 is 0 Å². The fourth-order valence-corrected chi connectivity index (χ4v) is 5.59. The second kappa shape index (κ2) is 4.63. The van der Waals surface area contributed by atoms with Gasteiger partial charge in [0, 0.05) is 10.5 Å². The van der Waals surface area contributed by atoms with E-state index < -0.39 is 0 Å². The molecule has 1 aromatic carbocycles. The third-order valence-corrected chi connectivity index (χ3v) is 5.47. The molecule has 0 spiro atoms. The van der Waals surface area contributed by atoms with Crippen molar-refractivity contribution in [2.24, 2.45) is 0 Å². The monoisotopic (exact) mass is 224 g/mol. The largest absolute Gasteiger partial charge is 0.140 e. The van der Waals surface area contributed by atoms with Gasteiger partial charge in [0.2, 0.25) is 0 Å². The Morgan fingerprint density at radius 3 is 2.14 bits per heavy atom. The molecule has 0 nitrogen and oxygen atoms in total. The Labute approximate surface area is 94.9 Å². The number of thioether (sulfide) groups is 2. The van der Waals surface area contributed by atoms with Crippen molar-refractivity contribution >= 4 is 23.5 Å². The van der Waals surface area contributed by atoms with Gasteiger partial charge in [-0.05, 0) is 12.0 Å². The zero-order valence-corrected chi connectivity index (χ0v) is 10.3. The lowest BCUT2D eigenvalue weighted by atomic mass is 10.2. The topological polar surface area (TPSA) is 0 Å². The van der Waals surface area contributed by atoms with Crippen molar-refractivity contribution in [3.63, 3.8) is 0 Å². The molecule has 0 bridgehead atoms. The molecule has 14 heavy (non-hydrogen) atoms. The molecule has 1 saturated heterocycles. The summed E-state index contributed by atoms with van der Waals surface area (Å²) in [5.74, 6) is 0. The molecule has 0 aromatic heterocycles. The van der Waals surface area contributed by atoms with Gasteiger partial charge in [0.1, 0.15) is 0 Å². The molecule has 2 atom stereocenters. The Kier molecular flexibility index (Phi) is 3.45. The van der Waals surface area contributed by atoms with E-state index in [-0.39, 0.29) is 0 Å². The summed E-state index contributed by atoms with van der Waals surface area (Å²) in [6, 6.07) is 10.9. The smallest absolute Gasteiger partial charge is 0.0756 e. The molecule has 2 heteroatoms. The van der Waals surface area contributed by atoms with Crippen molar-refractivity contribution in [3.05, 3.63) is 35.9 Å². The van der Waals surface area contributed by atoms with Gasteiger partial charge in [-0.2, -0.15) is 0 Å². The summed E-state index contributed by atoms with van der Waals surface area (Å²) < 4.78 is 0.648. The Morgan fingerprint density at radius 1 is 1.00 bits per heavy atom. The number of rotatable bonds is 1. The standard InChI is InChI=1S/C12H16S2/c1-9-8-10(2)14-12(13-9)11-6-4-3-5-7-11/h3-7,9-10,12H,8H2,1-2H3. The maximum absolute atomic E-state index is 2.34. The van der Waals surface area contributed by atoms with Gasteiger partial charge in [-0.1, -0.05) is 44.2 Å². The van der Waals surface area contributed by atoms with Crippen molar-refractivity contribution in [2.75, 3.05) is 0 Å². The minimum atomic E-state index is 0.648. The molecule has 1 aromatic rings. The number of hydrogen-bond acceptors (Lipinski definition) is 2. The van der Waals surface area contributed by atoms with E-state index in [0.717, 1.165) is 10.5 Å². The molecular weight excluding hydrogens is 208 g/mol. The Hall–Kier alpha value is -0.0800. The second-order valence-corrected chi connectivity index (χ2v) is 7.27. The summed E-state index contributed by atoms with van der Waals surface area (Å²) in [7, 11) is 0. The molecule has 0 N–H and O–H groups in total. The molecular formula is C12H16S2. The van der Waals surface area contributed by atoms with Crippen LogP contribution in [0.1, 0.15) is 30.4 Å². The van der Waals surface area contributed by atoms with E-state index in [2.05, 4.69) is 67.7 Å². The first-order valence-corrected chi connectivity index (χ1v) is 7.00. The van der Waals surface area contributed by atoms with Crippen LogP contribution in [0.2, 0.25) is 0 Å². The van der Waals surface area contributed by atoms with Gasteiger partial charge in [0.05, 0.1) is 4.58 Å². The second-order valence-electron chi connectivity index (χ2n) is 3.87. The van der Waals surface area contributed by atoms with Gasteiger partial charge in [-0.25, -0.2) is 0 Å². The maximum atomic E-state index is 2.34. The van der Waals surface area contributed by atoms with E-state index in [4.69, 9.17) is 0 Å².